The van der Waals surface area contributed by atoms with Crippen LogP contribution in [-0.4, -0.2) is 37.3 Å². The molecule has 0 bridgehead atoms. The third-order valence-corrected chi connectivity index (χ3v) is 3.97. The van der Waals surface area contributed by atoms with Crippen LogP contribution in [0.4, 0.5) is 11.4 Å². The zero-order chi connectivity index (χ0) is 21.1. The first-order valence-electron chi connectivity index (χ1n) is 8.24. The van der Waals surface area contributed by atoms with Crippen LogP contribution >= 0.6 is 0 Å². The Balaban J connectivity index is 1.67. The molecule has 9 nitrogen and oxygen atoms in total. The molecule has 0 spiro atoms. The van der Waals surface area contributed by atoms with Gasteiger partial charge in [0.1, 0.15) is 0 Å². The number of benzene rings is 3. The lowest BCUT2D eigenvalue weighted by Crippen LogP contribution is -2.13. The number of carbonyl (C=O) groups excluding carboxylic acids is 2. The Morgan fingerprint density at radius 2 is 1.00 bits per heavy atom. The quantitative estimate of drug-likeness (QED) is 0.334. The molecule has 0 fully saturated rings. The highest BCUT2D eigenvalue weighted by atomic mass is 16.3. The molecule has 0 radical (unpaired) electrons. The number of aromatic hydroxyl groups is 5. The van der Waals surface area contributed by atoms with Crippen LogP contribution in [0, 0.1) is 0 Å². The van der Waals surface area contributed by atoms with Crippen LogP contribution in [-0.2, 0) is 0 Å². The Kier molecular flexibility index (Phi) is 5.13. The van der Waals surface area contributed by atoms with Crippen molar-refractivity contribution in [3.8, 4) is 28.7 Å². The summed E-state index contributed by atoms with van der Waals surface area (Å²) in [6.07, 6.45) is 0. The van der Waals surface area contributed by atoms with Gasteiger partial charge in [0, 0.05) is 22.5 Å². The first kappa shape index (κ1) is 19.4. The van der Waals surface area contributed by atoms with Crippen LogP contribution in [0.1, 0.15) is 20.7 Å². The molecule has 0 aliphatic heterocycles. The van der Waals surface area contributed by atoms with E-state index in [1.807, 2.05) is 0 Å². The molecule has 0 aliphatic carbocycles. The highest BCUT2D eigenvalue weighted by Gasteiger charge is 2.14. The topological polar surface area (TPSA) is 159 Å². The smallest absolute Gasteiger partial charge is 0.255 e. The highest BCUT2D eigenvalue weighted by molar-refractivity contribution is 6.06. The standard InChI is InChI=1S/C20H16N2O7/c23-14-6-1-10(7-15(14)24)19(28)21-12-2-4-13(5-3-12)22-20(29)11-8-16(25)18(27)17(26)9-11/h1-9,23-27H,(H,21,28)(H,22,29). The van der Waals surface area contributed by atoms with Crippen molar-refractivity contribution in [3.05, 3.63) is 65.7 Å². The van der Waals surface area contributed by atoms with Crippen molar-refractivity contribution in [2.24, 2.45) is 0 Å². The molecule has 3 aromatic carbocycles. The maximum absolute atomic E-state index is 12.2. The van der Waals surface area contributed by atoms with Gasteiger partial charge >= 0.3 is 0 Å². The monoisotopic (exact) mass is 396 g/mol. The summed E-state index contributed by atoms with van der Waals surface area (Å²) >= 11 is 0. The number of anilines is 2. The van der Waals surface area contributed by atoms with E-state index in [9.17, 15) is 35.1 Å². The number of hydrogen-bond acceptors (Lipinski definition) is 7. The molecule has 3 rings (SSSR count). The van der Waals surface area contributed by atoms with Gasteiger partial charge in [-0.15, -0.1) is 0 Å². The van der Waals surface area contributed by atoms with E-state index < -0.39 is 34.8 Å². The number of amides is 2. The van der Waals surface area contributed by atoms with E-state index in [0.29, 0.717) is 11.4 Å². The fraction of sp³-hybridized carbons (Fsp3) is 0. The Morgan fingerprint density at radius 1 is 0.552 bits per heavy atom. The van der Waals surface area contributed by atoms with Crippen molar-refractivity contribution in [1.29, 1.82) is 0 Å². The molecule has 0 saturated heterocycles. The Labute approximate surface area is 164 Å². The Bertz CT molecular complexity index is 1070. The number of phenols is 5. The average Bonchev–Trinajstić information content (AvgIpc) is 2.69. The second-order valence-electron chi connectivity index (χ2n) is 6.05. The first-order valence-corrected chi connectivity index (χ1v) is 8.24. The second kappa shape index (κ2) is 7.69. The van der Waals surface area contributed by atoms with Crippen molar-refractivity contribution >= 4 is 23.2 Å². The minimum atomic E-state index is -0.719. The molecule has 148 valence electrons. The van der Waals surface area contributed by atoms with Gasteiger partial charge in [-0.2, -0.15) is 0 Å². The lowest BCUT2D eigenvalue weighted by molar-refractivity contribution is 0.101. The normalized spacial score (nSPS) is 10.3. The third kappa shape index (κ3) is 4.30. The minimum Gasteiger partial charge on any atom is -0.504 e. The van der Waals surface area contributed by atoms with E-state index in [1.54, 1.807) is 0 Å². The van der Waals surface area contributed by atoms with E-state index in [-0.39, 0.29) is 16.9 Å². The summed E-state index contributed by atoms with van der Waals surface area (Å²) in [5.74, 6) is -3.87. The van der Waals surface area contributed by atoms with Crippen molar-refractivity contribution < 1.29 is 35.1 Å². The van der Waals surface area contributed by atoms with Gasteiger partial charge in [-0.05, 0) is 54.6 Å². The highest BCUT2D eigenvalue weighted by Crippen LogP contribution is 2.35. The van der Waals surface area contributed by atoms with Crippen LogP contribution in [0.25, 0.3) is 0 Å². The summed E-state index contributed by atoms with van der Waals surface area (Å²) in [7, 11) is 0. The summed E-state index contributed by atoms with van der Waals surface area (Å²) in [6.45, 7) is 0. The molecule has 0 atom stereocenters. The molecule has 29 heavy (non-hydrogen) atoms. The van der Waals surface area contributed by atoms with E-state index >= 15 is 0 Å². The van der Waals surface area contributed by atoms with Crippen molar-refractivity contribution in [1.82, 2.24) is 0 Å². The van der Waals surface area contributed by atoms with Gasteiger partial charge in [0.2, 0.25) is 0 Å². The predicted octanol–water partition coefficient (Wildman–Crippen LogP) is 2.72. The summed E-state index contributed by atoms with van der Waals surface area (Å²) in [5, 5.41) is 52.2. The first-order chi connectivity index (χ1) is 13.7. The fourth-order valence-corrected chi connectivity index (χ4v) is 2.44. The maximum atomic E-state index is 12.2. The number of hydrogen-bond donors (Lipinski definition) is 7. The van der Waals surface area contributed by atoms with Gasteiger partial charge in [0.05, 0.1) is 0 Å². The molecule has 7 N–H and O–H groups in total. The molecule has 9 heteroatoms. The SMILES string of the molecule is O=C(Nc1ccc(NC(=O)c2cc(O)c(O)c(O)c2)cc1)c1ccc(O)c(O)c1. The van der Waals surface area contributed by atoms with Gasteiger partial charge < -0.3 is 36.2 Å². The molecular formula is C20H16N2O7. The van der Waals surface area contributed by atoms with Gasteiger partial charge in [-0.25, -0.2) is 0 Å². The average molecular weight is 396 g/mol. The van der Waals surface area contributed by atoms with Gasteiger partial charge in [-0.1, -0.05) is 0 Å². The zero-order valence-corrected chi connectivity index (χ0v) is 14.7. The molecule has 0 aliphatic rings. The van der Waals surface area contributed by atoms with Crippen LogP contribution in [0.2, 0.25) is 0 Å². The number of rotatable bonds is 4. The maximum Gasteiger partial charge on any atom is 0.255 e. The second-order valence-corrected chi connectivity index (χ2v) is 6.05. The van der Waals surface area contributed by atoms with Crippen molar-refractivity contribution in [3.63, 3.8) is 0 Å². The molecule has 0 aromatic heterocycles. The summed E-state index contributed by atoms with van der Waals surface area (Å²) in [5.41, 5.74) is 0.870. The van der Waals surface area contributed by atoms with E-state index in [4.69, 9.17) is 0 Å². The number of nitrogens with one attached hydrogen (secondary N) is 2. The fourth-order valence-electron chi connectivity index (χ4n) is 2.44. The van der Waals surface area contributed by atoms with E-state index in [2.05, 4.69) is 10.6 Å². The molecule has 3 aromatic rings. The zero-order valence-electron chi connectivity index (χ0n) is 14.7. The van der Waals surface area contributed by atoms with Crippen LogP contribution < -0.4 is 10.6 Å². The third-order valence-electron chi connectivity index (χ3n) is 3.97. The van der Waals surface area contributed by atoms with Crippen LogP contribution in [0.5, 0.6) is 28.7 Å². The summed E-state index contributed by atoms with van der Waals surface area (Å²) in [6, 6.07) is 11.8. The van der Waals surface area contributed by atoms with Crippen LogP contribution in [0.3, 0.4) is 0 Å². The van der Waals surface area contributed by atoms with E-state index in [0.717, 1.165) is 18.2 Å². The molecular weight excluding hydrogens is 380 g/mol. The lowest BCUT2D eigenvalue weighted by atomic mass is 10.1. The summed E-state index contributed by atoms with van der Waals surface area (Å²) < 4.78 is 0. The van der Waals surface area contributed by atoms with Crippen molar-refractivity contribution in [2.45, 2.75) is 0 Å². The molecule has 0 unspecified atom stereocenters. The lowest BCUT2D eigenvalue weighted by Gasteiger charge is -2.09. The van der Waals surface area contributed by atoms with Gasteiger partial charge in [0.15, 0.2) is 28.7 Å². The molecule has 2 amide bonds. The molecule has 0 heterocycles. The predicted molar refractivity (Wildman–Crippen MR) is 104 cm³/mol. The number of carbonyl (C=O) groups is 2. The van der Waals surface area contributed by atoms with Gasteiger partial charge in [-0.3, -0.25) is 9.59 Å². The Morgan fingerprint density at radius 3 is 1.48 bits per heavy atom. The molecule has 0 saturated carbocycles. The largest absolute Gasteiger partial charge is 0.504 e. The van der Waals surface area contributed by atoms with E-state index in [1.165, 1.54) is 36.4 Å². The summed E-state index contributed by atoms with van der Waals surface area (Å²) in [4.78, 5) is 24.4. The van der Waals surface area contributed by atoms with Crippen LogP contribution in [0.15, 0.2) is 54.6 Å². The number of phenolic OH excluding ortho intramolecular Hbond substituents is 5. The Hall–Kier alpha value is -4.40. The minimum absolute atomic E-state index is 0.0673. The van der Waals surface area contributed by atoms with Crippen molar-refractivity contribution in [2.75, 3.05) is 10.6 Å². The van der Waals surface area contributed by atoms with Gasteiger partial charge in [0.25, 0.3) is 11.8 Å².